The Bertz CT molecular complexity index is 527. The Morgan fingerprint density at radius 1 is 1.47 bits per heavy atom. The van der Waals surface area contributed by atoms with Crippen molar-refractivity contribution >= 4 is 23.5 Å². The van der Waals surface area contributed by atoms with E-state index < -0.39 is 17.9 Å². The van der Waals surface area contributed by atoms with E-state index in [0.717, 1.165) is 0 Å². The SMILES string of the molecule is CCC(NC(=O)CCn1cc(Cl)ccc1=O)C(=O)O. The maximum Gasteiger partial charge on any atom is 0.326 e. The fraction of sp³-hybridized carbons (Fsp3) is 0.417. The number of hydrogen-bond donors (Lipinski definition) is 2. The molecule has 0 spiro atoms. The Morgan fingerprint density at radius 2 is 2.16 bits per heavy atom. The lowest BCUT2D eigenvalue weighted by molar-refractivity contribution is -0.141. The molecule has 19 heavy (non-hydrogen) atoms. The highest BCUT2D eigenvalue weighted by atomic mass is 35.5. The number of nitrogens with zero attached hydrogens (tertiary/aromatic N) is 1. The number of carbonyl (C=O) groups excluding carboxylic acids is 1. The normalized spacial score (nSPS) is 11.9. The molecule has 0 saturated carbocycles. The molecule has 0 aliphatic heterocycles. The molecule has 0 aromatic carbocycles. The van der Waals surface area contributed by atoms with Crippen molar-refractivity contribution < 1.29 is 14.7 Å². The lowest BCUT2D eigenvalue weighted by atomic mass is 10.2. The van der Waals surface area contributed by atoms with Gasteiger partial charge >= 0.3 is 5.97 Å². The van der Waals surface area contributed by atoms with Gasteiger partial charge < -0.3 is 15.0 Å². The zero-order valence-corrected chi connectivity index (χ0v) is 11.2. The monoisotopic (exact) mass is 286 g/mol. The van der Waals surface area contributed by atoms with Gasteiger partial charge in [-0.2, -0.15) is 0 Å². The fourth-order valence-electron chi connectivity index (χ4n) is 1.50. The van der Waals surface area contributed by atoms with Crippen LogP contribution in [-0.2, 0) is 16.1 Å². The molecule has 0 radical (unpaired) electrons. The number of nitrogens with one attached hydrogen (secondary N) is 1. The topological polar surface area (TPSA) is 88.4 Å². The van der Waals surface area contributed by atoms with E-state index in [0.29, 0.717) is 11.4 Å². The Labute approximate surface area is 115 Å². The maximum absolute atomic E-state index is 11.6. The van der Waals surface area contributed by atoms with E-state index in [1.807, 2.05) is 0 Å². The summed E-state index contributed by atoms with van der Waals surface area (Å²) in [5.74, 6) is -1.49. The van der Waals surface area contributed by atoms with Gasteiger partial charge in [0, 0.05) is 25.2 Å². The Balaban J connectivity index is 2.57. The van der Waals surface area contributed by atoms with Gasteiger partial charge in [0.05, 0.1) is 5.02 Å². The van der Waals surface area contributed by atoms with Crippen LogP contribution < -0.4 is 10.9 Å². The summed E-state index contributed by atoms with van der Waals surface area (Å²) in [6.45, 7) is 1.82. The molecule has 6 nitrogen and oxygen atoms in total. The third-order valence-corrected chi connectivity index (χ3v) is 2.79. The zero-order valence-electron chi connectivity index (χ0n) is 10.4. The Morgan fingerprint density at radius 3 is 2.74 bits per heavy atom. The van der Waals surface area contributed by atoms with Crippen molar-refractivity contribution in [2.24, 2.45) is 0 Å². The standard InChI is InChI=1S/C12H15ClN2O4/c1-2-9(12(18)19)14-10(16)5-6-15-7-8(13)3-4-11(15)17/h3-4,7,9H,2,5-6H2,1H3,(H,14,16)(H,18,19). The number of carbonyl (C=O) groups is 2. The highest BCUT2D eigenvalue weighted by molar-refractivity contribution is 6.30. The summed E-state index contributed by atoms with van der Waals surface area (Å²) in [5, 5.41) is 11.6. The smallest absolute Gasteiger partial charge is 0.326 e. The molecule has 1 rings (SSSR count). The van der Waals surface area contributed by atoms with Crippen LogP contribution in [0.1, 0.15) is 19.8 Å². The molecule has 0 aliphatic rings. The summed E-state index contributed by atoms with van der Waals surface area (Å²) in [5.41, 5.74) is -0.262. The highest BCUT2D eigenvalue weighted by Gasteiger charge is 2.17. The molecule has 1 aromatic rings. The first-order valence-corrected chi connectivity index (χ1v) is 6.20. The molecule has 0 fully saturated rings. The zero-order chi connectivity index (χ0) is 14.4. The molecule has 0 bridgehead atoms. The van der Waals surface area contributed by atoms with E-state index in [-0.39, 0.29) is 18.5 Å². The largest absolute Gasteiger partial charge is 0.480 e. The van der Waals surface area contributed by atoms with Crippen molar-refractivity contribution in [3.63, 3.8) is 0 Å². The third kappa shape index (κ3) is 4.75. The second kappa shape index (κ2) is 6.94. The molecule has 1 atom stereocenters. The maximum atomic E-state index is 11.6. The first-order valence-electron chi connectivity index (χ1n) is 5.82. The molecular weight excluding hydrogens is 272 g/mol. The number of aromatic nitrogens is 1. The van der Waals surface area contributed by atoms with E-state index in [9.17, 15) is 14.4 Å². The van der Waals surface area contributed by atoms with Crippen molar-refractivity contribution in [3.8, 4) is 0 Å². The van der Waals surface area contributed by atoms with Crippen molar-refractivity contribution in [2.75, 3.05) is 0 Å². The van der Waals surface area contributed by atoms with E-state index in [1.165, 1.54) is 22.9 Å². The summed E-state index contributed by atoms with van der Waals surface area (Å²) in [7, 11) is 0. The first kappa shape index (κ1) is 15.2. The average Bonchev–Trinajstić information content (AvgIpc) is 2.36. The Kier molecular flexibility index (Phi) is 5.57. The molecule has 104 valence electrons. The van der Waals surface area contributed by atoms with Gasteiger partial charge in [0.15, 0.2) is 0 Å². The lowest BCUT2D eigenvalue weighted by Gasteiger charge is -2.12. The van der Waals surface area contributed by atoms with Crippen LogP contribution in [0.4, 0.5) is 0 Å². The molecule has 0 aliphatic carbocycles. The molecule has 1 unspecified atom stereocenters. The number of halogens is 1. The number of hydrogen-bond acceptors (Lipinski definition) is 3. The number of carboxylic acids is 1. The summed E-state index contributed by atoms with van der Waals surface area (Å²) >= 11 is 5.74. The molecule has 1 amide bonds. The minimum absolute atomic E-state index is 0.0179. The molecule has 7 heteroatoms. The van der Waals surface area contributed by atoms with Crippen LogP contribution in [0.5, 0.6) is 0 Å². The molecular formula is C12H15ClN2O4. The van der Waals surface area contributed by atoms with E-state index in [2.05, 4.69) is 5.32 Å². The summed E-state index contributed by atoms with van der Waals surface area (Å²) < 4.78 is 1.31. The van der Waals surface area contributed by atoms with Crippen LogP contribution >= 0.6 is 11.6 Å². The molecule has 2 N–H and O–H groups in total. The second-order valence-electron chi connectivity index (χ2n) is 4.00. The van der Waals surface area contributed by atoms with Gasteiger partial charge in [0.25, 0.3) is 5.56 Å². The quantitative estimate of drug-likeness (QED) is 0.812. The minimum Gasteiger partial charge on any atom is -0.480 e. The molecule has 0 saturated heterocycles. The van der Waals surface area contributed by atoms with Crippen molar-refractivity contribution in [2.45, 2.75) is 32.4 Å². The Hall–Kier alpha value is -1.82. The van der Waals surface area contributed by atoms with Gasteiger partial charge in [-0.3, -0.25) is 9.59 Å². The summed E-state index contributed by atoms with van der Waals surface area (Å²) in [4.78, 5) is 33.8. The van der Waals surface area contributed by atoms with Gasteiger partial charge in [0.1, 0.15) is 6.04 Å². The number of aliphatic carboxylic acids is 1. The van der Waals surface area contributed by atoms with E-state index in [4.69, 9.17) is 16.7 Å². The van der Waals surface area contributed by atoms with Crippen LogP contribution in [0.3, 0.4) is 0 Å². The first-order chi connectivity index (χ1) is 8.93. The van der Waals surface area contributed by atoms with Crippen molar-refractivity contribution in [1.82, 2.24) is 9.88 Å². The van der Waals surface area contributed by atoms with Crippen LogP contribution in [-0.4, -0.2) is 27.6 Å². The van der Waals surface area contributed by atoms with E-state index in [1.54, 1.807) is 6.92 Å². The van der Waals surface area contributed by atoms with Gasteiger partial charge in [-0.1, -0.05) is 18.5 Å². The summed E-state index contributed by atoms with van der Waals surface area (Å²) in [6.07, 6.45) is 1.76. The molecule has 1 aromatic heterocycles. The predicted molar refractivity (Wildman–Crippen MR) is 70.2 cm³/mol. The minimum atomic E-state index is -1.07. The van der Waals surface area contributed by atoms with E-state index >= 15 is 0 Å². The number of aryl methyl sites for hydroxylation is 1. The number of carboxylic acid groups (broad SMARTS) is 1. The number of amides is 1. The number of rotatable bonds is 6. The summed E-state index contributed by atoms with van der Waals surface area (Å²) in [6, 6.07) is 1.88. The van der Waals surface area contributed by atoms with Crippen LogP contribution in [0.15, 0.2) is 23.1 Å². The second-order valence-corrected chi connectivity index (χ2v) is 4.43. The highest BCUT2D eigenvalue weighted by Crippen LogP contribution is 2.03. The van der Waals surface area contributed by atoms with Gasteiger partial charge in [-0.15, -0.1) is 0 Å². The van der Waals surface area contributed by atoms with Crippen molar-refractivity contribution in [3.05, 3.63) is 33.7 Å². The lowest BCUT2D eigenvalue weighted by Crippen LogP contribution is -2.40. The fourth-order valence-corrected chi connectivity index (χ4v) is 1.68. The predicted octanol–water partition coefficient (Wildman–Crippen LogP) is 0.871. The number of pyridine rings is 1. The van der Waals surface area contributed by atoms with Gasteiger partial charge in [-0.05, 0) is 12.5 Å². The third-order valence-electron chi connectivity index (χ3n) is 2.57. The van der Waals surface area contributed by atoms with Crippen molar-refractivity contribution in [1.29, 1.82) is 0 Å². The van der Waals surface area contributed by atoms with Crippen LogP contribution in [0.2, 0.25) is 5.02 Å². The van der Waals surface area contributed by atoms with Gasteiger partial charge in [0.2, 0.25) is 5.91 Å². The van der Waals surface area contributed by atoms with Gasteiger partial charge in [-0.25, -0.2) is 4.79 Å². The average molecular weight is 287 g/mol. The van der Waals surface area contributed by atoms with Crippen LogP contribution in [0, 0.1) is 0 Å². The molecule has 1 heterocycles. The van der Waals surface area contributed by atoms with Crippen LogP contribution in [0.25, 0.3) is 0 Å².